The number of rotatable bonds is 5. The van der Waals surface area contributed by atoms with Gasteiger partial charge in [0.1, 0.15) is 0 Å². The summed E-state index contributed by atoms with van der Waals surface area (Å²) in [5.74, 6) is -1.22. The van der Waals surface area contributed by atoms with Crippen molar-refractivity contribution in [3.05, 3.63) is 65.2 Å². The van der Waals surface area contributed by atoms with Crippen LogP contribution in [0.1, 0.15) is 48.4 Å². The van der Waals surface area contributed by atoms with Crippen LogP contribution in [0.2, 0.25) is 0 Å². The summed E-state index contributed by atoms with van der Waals surface area (Å²) in [4.78, 5) is 16.9. The summed E-state index contributed by atoms with van der Waals surface area (Å²) in [7, 11) is 0. The third kappa shape index (κ3) is 5.46. The third-order valence-electron chi connectivity index (χ3n) is 6.87. The fraction of sp³-hybridized carbons (Fsp3) is 0.462. The van der Waals surface area contributed by atoms with Gasteiger partial charge in [-0.25, -0.2) is 4.79 Å². The number of urea groups is 1. The van der Waals surface area contributed by atoms with E-state index in [4.69, 9.17) is 5.26 Å². The van der Waals surface area contributed by atoms with Gasteiger partial charge in [0.05, 0.1) is 18.0 Å². The highest BCUT2D eigenvalue weighted by Crippen LogP contribution is 2.37. The van der Waals surface area contributed by atoms with E-state index in [9.17, 15) is 18.0 Å². The van der Waals surface area contributed by atoms with E-state index in [0.717, 1.165) is 22.4 Å². The molecule has 2 aliphatic rings. The second kappa shape index (κ2) is 10.4. The van der Waals surface area contributed by atoms with Crippen molar-refractivity contribution in [2.45, 2.75) is 50.9 Å². The van der Waals surface area contributed by atoms with Crippen molar-refractivity contribution in [3.63, 3.8) is 0 Å². The van der Waals surface area contributed by atoms with Crippen LogP contribution in [0, 0.1) is 17.2 Å². The fourth-order valence-corrected chi connectivity index (χ4v) is 4.96. The van der Waals surface area contributed by atoms with Crippen molar-refractivity contribution in [3.8, 4) is 6.07 Å². The molecule has 0 radical (unpaired) electrons. The number of carbonyl (C=O) groups excluding carboxylic acids is 1. The molecule has 180 valence electrons. The second-order valence-corrected chi connectivity index (χ2v) is 9.00. The van der Waals surface area contributed by atoms with Crippen molar-refractivity contribution < 1.29 is 18.0 Å². The summed E-state index contributed by atoms with van der Waals surface area (Å²) in [5.41, 5.74) is 4.12. The average molecular weight is 471 g/mol. The Labute approximate surface area is 198 Å². The number of hydrogen-bond donors (Lipinski definition) is 1. The normalized spacial score (nSPS) is 17.6. The molecule has 0 aromatic heterocycles. The third-order valence-corrected chi connectivity index (χ3v) is 6.87. The molecule has 1 saturated heterocycles. The zero-order valence-corrected chi connectivity index (χ0v) is 19.0. The van der Waals surface area contributed by atoms with E-state index in [1.54, 1.807) is 4.90 Å². The molecule has 2 aromatic carbocycles. The SMILES string of the molecule is N#CCC[C@H](NC(=O)N1CCc2c(cccc2N2CCC(C(F)(F)F)CC2)C1)c1ccccc1. The number of fused-ring (bicyclic) bond motifs is 1. The lowest BCUT2D eigenvalue weighted by Crippen LogP contribution is -2.44. The molecule has 1 atom stereocenters. The van der Waals surface area contributed by atoms with E-state index < -0.39 is 12.1 Å². The van der Waals surface area contributed by atoms with Gasteiger partial charge in [0, 0.05) is 38.3 Å². The van der Waals surface area contributed by atoms with Crippen LogP contribution in [0.5, 0.6) is 0 Å². The molecule has 4 rings (SSSR count). The first kappa shape index (κ1) is 23.9. The molecular weight excluding hydrogens is 441 g/mol. The number of benzene rings is 2. The molecule has 1 fully saturated rings. The molecule has 0 unspecified atom stereocenters. The molecule has 0 aliphatic carbocycles. The quantitative estimate of drug-likeness (QED) is 0.621. The predicted octanol–water partition coefficient (Wildman–Crippen LogP) is 5.58. The summed E-state index contributed by atoms with van der Waals surface area (Å²) in [6.07, 6.45) is -2.35. The first-order chi connectivity index (χ1) is 16.4. The van der Waals surface area contributed by atoms with Crippen molar-refractivity contribution >= 4 is 11.7 Å². The van der Waals surface area contributed by atoms with Gasteiger partial charge in [0.2, 0.25) is 0 Å². The summed E-state index contributed by atoms with van der Waals surface area (Å²) in [6, 6.07) is 17.3. The first-order valence-electron chi connectivity index (χ1n) is 11.8. The highest BCUT2D eigenvalue weighted by Gasteiger charge is 2.41. The van der Waals surface area contributed by atoms with Crippen LogP contribution in [0.4, 0.5) is 23.7 Å². The van der Waals surface area contributed by atoms with Gasteiger partial charge < -0.3 is 15.1 Å². The van der Waals surface area contributed by atoms with Crippen LogP contribution >= 0.6 is 0 Å². The number of nitrogens with one attached hydrogen (secondary N) is 1. The number of alkyl halides is 3. The van der Waals surface area contributed by atoms with Crippen LogP contribution in [0.3, 0.4) is 0 Å². The molecule has 34 heavy (non-hydrogen) atoms. The molecule has 2 amide bonds. The van der Waals surface area contributed by atoms with Crippen molar-refractivity contribution in [2.24, 2.45) is 5.92 Å². The van der Waals surface area contributed by atoms with Crippen LogP contribution in [-0.4, -0.2) is 36.7 Å². The molecule has 1 N–H and O–H groups in total. The lowest BCUT2D eigenvalue weighted by molar-refractivity contribution is -0.179. The zero-order valence-electron chi connectivity index (χ0n) is 19.0. The van der Waals surface area contributed by atoms with Gasteiger partial charge in [-0.1, -0.05) is 42.5 Å². The number of halogens is 3. The lowest BCUT2D eigenvalue weighted by Gasteiger charge is -2.38. The number of piperidine rings is 1. The Morgan fingerprint density at radius 1 is 1.09 bits per heavy atom. The van der Waals surface area contributed by atoms with E-state index in [0.29, 0.717) is 45.4 Å². The van der Waals surface area contributed by atoms with Crippen LogP contribution < -0.4 is 10.2 Å². The highest BCUT2D eigenvalue weighted by molar-refractivity contribution is 5.75. The van der Waals surface area contributed by atoms with Gasteiger partial charge in [-0.15, -0.1) is 0 Å². The largest absolute Gasteiger partial charge is 0.391 e. The van der Waals surface area contributed by atoms with Crippen molar-refractivity contribution in [1.29, 1.82) is 5.26 Å². The number of nitriles is 1. The lowest BCUT2D eigenvalue weighted by atomic mass is 9.93. The fourth-order valence-electron chi connectivity index (χ4n) is 4.96. The number of carbonyl (C=O) groups is 1. The summed E-state index contributed by atoms with van der Waals surface area (Å²) < 4.78 is 39.2. The Morgan fingerprint density at radius 2 is 1.82 bits per heavy atom. The summed E-state index contributed by atoms with van der Waals surface area (Å²) in [5, 5.41) is 12.1. The molecule has 0 bridgehead atoms. The maximum atomic E-state index is 13.1. The Morgan fingerprint density at radius 3 is 2.50 bits per heavy atom. The molecule has 5 nitrogen and oxygen atoms in total. The van der Waals surface area contributed by atoms with Crippen molar-refractivity contribution in [1.82, 2.24) is 10.2 Å². The summed E-state index contributed by atoms with van der Waals surface area (Å²) >= 11 is 0. The molecule has 2 heterocycles. The van der Waals surface area contributed by atoms with Gasteiger partial charge in [-0.3, -0.25) is 0 Å². The van der Waals surface area contributed by atoms with E-state index in [1.165, 1.54) is 0 Å². The Hall–Kier alpha value is -3.21. The minimum Gasteiger partial charge on any atom is -0.371 e. The topological polar surface area (TPSA) is 59.4 Å². The van der Waals surface area contributed by atoms with Crippen LogP contribution in [0.25, 0.3) is 0 Å². The van der Waals surface area contributed by atoms with E-state index >= 15 is 0 Å². The molecular formula is C26H29F3N4O. The smallest absolute Gasteiger partial charge is 0.371 e. The van der Waals surface area contributed by atoms with Crippen LogP contribution in [0.15, 0.2) is 48.5 Å². The molecule has 2 aromatic rings. The van der Waals surface area contributed by atoms with Gasteiger partial charge in [0.25, 0.3) is 0 Å². The number of amides is 2. The zero-order chi connectivity index (χ0) is 24.1. The monoisotopic (exact) mass is 470 g/mol. The Kier molecular flexibility index (Phi) is 7.30. The molecule has 0 saturated carbocycles. The Balaban J connectivity index is 1.43. The molecule has 0 spiro atoms. The number of nitrogens with zero attached hydrogens (tertiary/aromatic N) is 3. The van der Waals surface area contributed by atoms with Gasteiger partial charge >= 0.3 is 12.2 Å². The summed E-state index contributed by atoms with van der Waals surface area (Å²) in [6.45, 7) is 1.77. The maximum Gasteiger partial charge on any atom is 0.391 e. The predicted molar refractivity (Wildman–Crippen MR) is 124 cm³/mol. The van der Waals surface area contributed by atoms with E-state index in [1.807, 2.05) is 48.5 Å². The second-order valence-electron chi connectivity index (χ2n) is 9.00. The van der Waals surface area contributed by atoms with E-state index in [-0.39, 0.29) is 24.9 Å². The highest BCUT2D eigenvalue weighted by atomic mass is 19.4. The van der Waals surface area contributed by atoms with Crippen molar-refractivity contribution in [2.75, 3.05) is 24.5 Å². The van der Waals surface area contributed by atoms with Gasteiger partial charge in [0.15, 0.2) is 0 Å². The maximum absolute atomic E-state index is 13.1. The standard InChI is InChI=1S/C26H29F3N4O/c27-26(28,29)21-11-15-32(16-12-21)24-10-4-8-20-18-33(17-13-22(20)24)25(34)31-23(9-5-14-30)19-6-2-1-3-7-19/h1-4,6-8,10,21,23H,5,9,11-13,15-18H2,(H,31,34)/t23-/m0/s1. The van der Waals surface area contributed by atoms with E-state index in [2.05, 4.69) is 16.3 Å². The van der Waals surface area contributed by atoms with Gasteiger partial charge in [-0.2, -0.15) is 18.4 Å². The van der Waals surface area contributed by atoms with Gasteiger partial charge in [-0.05, 0) is 48.4 Å². The number of hydrogen-bond acceptors (Lipinski definition) is 3. The average Bonchev–Trinajstić information content (AvgIpc) is 2.85. The molecule has 8 heteroatoms. The molecule has 2 aliphatic heterocycles. The first-order valence-corrected chi connectivity index (χ1v) is 11.8. The minimum absolute atomic E-state index is 0.116. The Bertz CT molecular complexity index is 1030. The number of anilines is 1. The minimum atomic E-state index is -4.12. The van der Waals surface area contributed by atoms with Crippen LogP contribution in [-0.2, 0) is 13.0 Å².